The number of likely N-dealkylation sites (N-methyl/N-ethyl adjacent to an activating group) is 1. The minimum atomic E-state index is -4.49. The summed E-state index contributed by atoms with van der Waals surface area (Å²) in [7, 11) is 1.94. The summed E-state index contributed by atoms with van der Waals surface area (Å²) in [6.45, 7) is 6.55. The summed E-state index contributed by atoms with van der Waals surface area (Å²) in [5, 5.41) is 5.83. The maximum atomic E-state index is 13.8. The number of piperazine rings is 1. The van der Waals surface area contributed by atoms with Gasteiger partial charge < -0.3 is 30.9 Å². The highest BCUT2D eigenvalue weighted by atomic mass is 19.4. The molecule has 4 rings (SSSR count). The molecule has 2 aliphatic rings. The van der Waals surface area contributed by atoms with Crippen LogP contribution in [0.2, 0.25) is 0 Å². The lowest BCUT2D eigenvalue weighted by molar-refractivity contribution is -0.137. The van der Waals surface area contributed by atoms with E-state index in [4.69, 9.17) is 10.5 Å². The molecule has 2 aliphatic heterocycles. The predicted octanol–water partition coefficient (Wildman–Crippen LogP) is 4.31. The van der Waals surface area contributed by atoms with Gasteiger partial charge in [-0.15, -0.1) is 0 Å². The van der Waals surface area contributed by atoms with Gasteiger partial charge in [-0.1, -0.05) is 13.0 Å². The zero-order valence-electron chi connectivity index (χ0n) is 24.5. The maximum Gasteiger partial charge on any atom is 0.418 e. The van der Waals surface area contributed by atoms with E-state index in [1.54, 1.807) is 36.1 Å². The van der Waals surface area contributed by atoms with Crippen LogP contribution in [-0.4, -0.2) is 68.2 Å². The Morgan fingerprint density at radius 2 is 1.81 bits per heavy atom. The molecule has 0 bridgehead atoms. The van der Waals surface area contributed by atoms with Crippen molar-refractivity contribution in [3.8, 4) is 11.5 Å². The number of aliphatic imine (C=N–C) groups is 1. The average molecular weight is 599 g/mol. The fourth-order valence-corrected chi connectivity index (χ4v) is 4.92. The van der Waals surface area contributed by atoms with Gasteiger partial charge >= 0.3 is 6.18 Å². The summed E-state index contributed by atoms with van der Waals surface area (Å²) >= 11 is 0. The Morgan fingerprint density at radius 1 is 1.14 bits per heavy atom. The molecule has 2 saturated heterocycles. The number of carbonyl (C=O) groups is 2. The molecule has 2 aromatic carbocycles. The van der Waals surface area contributed by atoms with Crippen molar-refractivity contribution in [3.05, 3.63) is 71.4 Å². The van der Waals surface area contributed by atoms with Gasteiger partial charge in [0.25, 0.3) is 5.91 Å². The van der Waals surface area contributed by atoms with Gasteiger partial charge in [0, 0.05) is 50.1 Å². The third-order valence-electron chi connectivity index (χ3n) is 7.20. The van der Waals surface area contributed by atoms with E-state index >= 15 is 0 Å². The predicted molar refractivity (Wildman–Crippen MR) is 161 cm³/mol. The third kappa shape index (κ3) is 8.38. The molecule has 0 radical (unpaired) electrons. The Morgan fingerprint density at radius 3 is 2.40 bits per heavy atom. The lowest BCUT2D eigenvalue weighted by atomic mass is 10.1. The van der Waals surface area contributed by atoms with Crippen LogP contribution in [0.15, 0.2) is 65.3 Å². The third-order valence-corrected chi connectivity index (χ3v) is 7.20. The molecule has 0 saturated carbocycles. The van der Waals surface area contributed by atoms with Crippen molar-refractivity contribution in [2.24, 2.45) is 10.7 Å². The number of halogens is 3. The second kappa shape index (κ2) is 13.8. The highest BCUT2D eigenvalue weighted by Gasteiger charge is 2.35. The van der Waals surface area contributed by atoms with Crippen LogP contribution in [0.1, 0.15) is 37.8 Å². The van der Waals surface area contributed by atoms with E-state index < -0.39 is 17.6 Å². The maximum absolute atomic E-state index is 13.8. The van der Waals surface area contributed by atoms with Crippen molar-refractivity contribution in [1.82, 2.24) is 15.5 Å². The van der Waals surface area contributed by atoms with Crippen LogP contribution < -0.4 is 26.0 Å². The van der Waals surface area contributed by atoms with Gasteiger partial charge in [0.2, 0.25) is 5.91 Å². The SMILES string of the molecule is CC/C=C(/N=C(\C=C(/C)N[C@H]1CCNC1=O)C(N)=O)c1ccc(Oc2ccc(C(F)(F)F)c(N3CCN(C)CC3)c2)cc1. The van der Waals surface area contributed by atoms with E-state index in [1.165, 1.54) is 18.2 Å². The largest absolute Gasteiger partial charge is 0.457 e. The first-order valence-corrected chi connectivity index (χ1v) is 14.2. The summed E-state index contributed by atoms with van der Waals surface area (Å²) in [6, 6.07) is 10.3. The molecule has 2 heterocycles. The van der Waals surface area contributed by atoms with Gasteiger partial charge in [-0.2, -0.15) is 13.2 Å². The fraction of sp³-hybridized carbons (Fsp3) is 0.387. The van der Waals surface area contributed by atoms with E-state index in [-0.39, 0.29) is 29.1 Å². The number of allylic oxidation sites excluding steroid dienone is 2. The zero-order valence-corrected chi connectivity index (χ0v) is 24.5. The molecule has 0 aromatic heterocycles. The first kappa shape index (κ1) is 31.6. The van der Waals surface area contributed by atoms with Crippen LogP contribution >= 0.6 is 0 Å². The summed E-state index contributed by atoms with van der Waals surface area (Å²) in [5.74, 6) is -0.113. The highest BCUT2D eigenvalue weighted by molar-refractivity contribution is 6.43. The second-order valence-corrected chi connectivity index (χ2v) is 10.6. The molecule has 2 fully saturated rings. The summed E-state index contributed by atoms with van der Waals surface area (Å²) < 4.78 is 47.3. The van der Waals surface area contributed by atoms with Gasteiger partial charge in [0.15, 0.2) is 0 Å². The number of nitrogens with one attached hydrogen (secondary N) is 2. The Hall–Kier alpha value is -4.32. The lowest BCUT2D eigenvalue weighted by Crippen LogP contribution is -2.45. The monoisotopic (exact) mass is 598 g/mol. The number of rotatable bonds is 10. The van der Waals surface area contributed by atoms with Crippen molar-refractivity contribution in [2.45, 2.75) is 38.9 Å². The topological polar surface area (TPSA) is 112 Å². The van der Waals surface area contributed by atoms with E-state index in [9.17, 15) is 22.8 Å². The number of ether oxygens (including phenoxy) is 1. The Labute approximate surface area is 249 Å². The average Bonchev–Trinajstić information content (AvgIpc) is 3.36. The molecular weight excluding hydrogens is 561 g/mol. The number of nitrogens with two attached hydrogens (primary N) is 1. The molecule has 2 aromatic rings. The highest BCUT2D eigenvalue weighted by Crippen LogP contribution is 2.40. The molecule has 230 valence electrons. The lowest BCUT2D eigenvalue weighted by Gasteiger charge is -2.35. The molecule has 0 aliphatic carbocycles. The standard InChI is InChI=1S/C31H37F3N6O3/c1-4-5-25(38-27(29(35)41)18-20(2)37-26-12-13-36-30(26)42)21-6-8-22(9-7-21)43-23-10-11-24(31(32,33)34)28(19-23)40-16-14-39(3)15-17-40/h5-11,18-19,26,37H,4,12-17H2,1-3H3,(H2,35,41)(H,36,42)/b20-18+,25-5+,38-27+/t26-/m0/s1. The molecule has 2 amide bonds. The van der Waals surface area contributed by atoms with E-state index in [0.717, 1.165) is 6.07 Å². The number of primary amides is 1. The Balaban J connectivity index is 1.54. The quantitative estimate of drug-likeness (QED) is 0.352. The van der Waals surface area contributed by atoms with Crippen molar-refractivity contribution in [2.75, 3.05) is 44.7 Å². The number of amides is 2. The number of anilines is 1. The first-order chi connectivity index (χ1) is 20.4. The Kier molecular flexibility index (Phi) is 10.1. The van der Waals surface area contributed by atoms with Crippen molar-refractivity contribution < 1.29 is 27.5 Å². The van der Waals surface area contributed by atoms with Gasteiger partial charge in [-0.25, -0.2) is 4.99 Å². The number of hydrogen-bond acceptors (Lipinski definition) is 7. The van der Waals surface area contributed by atoms with Gasteiger partial charge in [-0.3, -0.25) is 9.59 Å². The minimum absolute atomic E-state index is 0.0182. The first-order valence-electron chi connectivity index (χ1n) is 14.2. The smallest absolute Gasteiger partial charge is 0.418 e. The summed E-state index contributed by atoms with van der Waals surface area (Å²) in [6.07, 6.45) is 0.134. The van der Waals surface area contributed by atoms with Crippen LogP contribution in [0.25, 0.3) is 5.70 Å². The molecule has 12 heteroatoms. The number of alkyl halides is 3. The van der Waals surface area contributed by atoms with Crippen molar-refractivity contribution in [3.63, 3.8) is 0 Å². The van der Waals surface area contributed by atoms with Gasteiger partial charge in [0.1, 0.15) is 23.3 Å². The molecule has 1 atom stereocenters. The fourth-order valence-electron chi connectivity index (χ4n) is 4.92. The van der Waals surface area contributed by atoms with Crippen LogP contribution in [0.3, 0.4) is 0 Å². The Bertz CT molecular complexity index is 1410. The van der Waals surface area contributed by atoms with Crippen molar-refractivity contribution in [1.29, 1.82) is 0 Å². The zero-order chi connectivity index (χ0) is 31.1. The number of carbonyl (C=O) groups excluding carboxylic acids is 2. The molecule has 4 N–H and O–H groups in total. The molecular formula is C31H37F3N6O3. The molecule has 0 unspecified atom stereocenters. The van der Waals surface area contributed by atoms with E-state index in [2.05, 4.69) is 20.5 Å². The molecule has 0 spiro atoms. The number of nitrogens with zero attached hydrogens (tertiary/aromatic N) is 3. The van der Waals surface area contributed by atoms with E-state index in [1.807, 2.05) is 20.0 Å². The normalized spacial score (nSPS) is 18.9. The van der Waals surface area contributed by atoms with Crippen LogP contribution in [0.5, 0.6) is 11.5 Å². The molecule has 9 nitrogen and oxygen atoms in total. The van der Waals surface area contributed by atoms with Crippen LogP contribution in [0, 0.1) is 0 Å². The number of benzene rings is 2. The van der Waals surface area contributed by atoms with Crippen LogP contribution in [0.4, 0.5) is 18.9 Å². The number of hydrogen-bond donors (Lipinski definition) is 3. The summed E-state index contributed by atoms with van der Waals surface area (Å²) in [4.78, 5) is 32.4. The van der Waals surface area contributed by atoms with Gasteiger partial charge in [-0.05, 0) is 69.3 Å². The minimum Gasteiger partial charge on any atom is -0.457 e. The van der Waals surface area contributed by atoms with Crippen molar-refractivity contribution >= 4 is 28.9 Å². The van der Waals surface area contributed by atoms with E-state index in [0.29, 0.717) is 68.3 Å². The summed E-state index contributed by atoms with van der Waals surface area (Å²) in [5.41, 5.74) is 6.82. The second-order valence-electron chi connectivity index (χ2n) is 10.6. The van der Waals surface area contributed by atoms with Crippen LogP contribution in [-0.2, 0) is 15.8 Å². The molecule has 43 heavy (non-hydrogen) atoms. The van der Waals surface area contributed by atoms with Gasteiger partial charge in [0.05, 0.1) is 16.9 Å².